The maximum atomic E-state index is 12.7. The number of nitrogens with zero attached hydrogens (tertiary/aromatic N) is 1. The summed E-state index contributed by atoms with van der Waals surface area (Å²) < 4.78 is 36.0. The van der Waals surface area contributed by atoms with Crippen LogP contribution in [-0.2, 0) is 11.3 Å². The van der Waals surface area contributed by atoms with Crippen molar-refractivity contribution in [2.75, 3.05) is 13.7 Å². The van der Waals surface area contributed by atoms with Crippen molar-refractivity contribution in [2.24, 2.45) is 5.41 Å². The standard InChI is InChI=1S/C27H30F2N2O4/c1-16-11-23(34-2)21(20-7-9-30-24(16)20)15-31-10-8-27(12-19(13-27)35-26(28)29)14-22(31)17-3-5-18(6-4-17)25(32)33/h3-7,9,11,19,22,26,30H,8,10,12-15H2,1-2H3,(H,32,33)/t19?,22-,27?/m0/s1. The third-order valence-electron chi connectivity index (χ3n) is 7.85. The molecule has 2 aliphatic rings. The summed E-state index contributed by atoms with van der Waals surface area (Å²) in [5, 5.41) is 10.4. The van der Waals surface area contributed by atoms with Gasteiger partial charge in [-0.2, -0.15) is 8.78 Å². The Bertz CT molecular complexity index is 1220. The molecule has 1 aliphatic heterocycles. The zero-order valence-corrected chi connectivity index (χ0v) is 19.9. The van der Waals surface area contributed by atoms with Gasteiger partial charge >= 0.3 is 12.6 Å². The number of hydrogen-bond acceptors (Lipinski definition) is 4. The van der Waals surface area contributed by atoms with Crippen molar-refractivity contribution < 1.29 is 28.2 Å². The number of hydrogen-bond donors (Lipinski definition) is 2. The molecule has 2 fully saturated rings. The Balaban J connectivity index is 1.46. The van der Waals surface area contributed by atoms with E-state index in [1.807, 2.05) is 18.3 Å². The number of benzene rings is 2. The molecule has 2 heterocycles. The summed E-state index contributed by atoms with van der Waals surface area (Å²) in [6.07, 6.45) is 4.52. The number of methoxy groups -OCH3 is 1. The van der Waals surface area contributed by atoms with Crippen LogP contribution >= 0.6 is 0 Å². The molecule has 0 unspecified atom stereocenters. The number of piperidine rings is 1. The summed E-state index contributed by atoms with van der Waals surface area (Å²) >= 11 is 0. The molecule has 35 heavy (non-hydrogen) atoms. The summed E-state index contributed by atoms with van der Waals surface area (Å²) in [5.74, 6) is -0.123. The second kappa shape index (κ2) is 9.24. The Morgan fingerprint density at radius 3 is 2.63 bits per heavy atom. The largest absolute Gasteiger partial charge is 0.496 e. The van der Waals surface area contributed by atoms with Gasteiger partial charge in [-0.05, 0) is 80.0 Å². The average Bonchev–Trinajstić information content (AvgIpc) is 3.31. The van der Waals surface area contributed by atoms with E-state index in [2.05, 4.69) is 28.9 Å². The second-order valence-corrected chi connectivity index (χ2v) is 9.94. The first kappa shape index (κ1) is 23.8. The number of alkyl halides is 2. The molecule has 0 bridgehead atoms. The van der Waals surface area contributed by atoms with Gasteiger partial charge in [0.25, 0.3) is 0 Å². The van der Waals surface area contributed by atoms with Crippen molar-refractivity contribution in [2.45, 2.75) is 57.9 Å². The minimum absolute atomic E-state index is 0.0269. The van der Waals surface area contributed by atoms with Gasteiger partial charge in [0.1, 0.15) is 5.75 Å². The van der Waals surface area contributed by atoms with E-state index < -0.39 is 18.7 Å². The Labute approximate surface area is 202 Å². The SMILES string of the molecule is COc1cc(C)c2[nH]ccc2c1CN1CCC2(CC(OC(F)F)C2)C[C@H]1c1ccc(C(=O)O)cc1. The fraction of sp³-hybridized carbons (Fsp3) is 0.444. The number of carboxylic acid groups (broad SMARTS) is 1. The number of carbonyl (C=O) groups is 1. The smallest absolute Gasteiger partial charge is 0.345 e. The molecule has 2 aromatic carbocycles. The highest BCUT2D eigenvalue weighted by molar-refractivity contribution is 5.88. The van der Waals surface area contributed by atoms with Crippen LogP contribution in [0.15, 0.2) is 42.6 Å². The lowest BCUT2D eigenvalue weighted by molar-refractivity contribution is -0.217. The lowest BCUT2D eigenvalue weighted by atomic mass is 9.59. The molecule has 1 saturated heterocycles. The average molecular weight is 485 g/mol. The number of aromatic nitrogens is 1. The molecule has 186 valence electrons. The molecule has 1 aromatic heterocycles. The Kier molecular flexibility index (Phi) is 6.27. The minimum atomic E-state index is -2.74. The predicted molar refractivity (Wildman–Crippen MR) is 128 cm³/mol. The van der Waals surface area contributed by atoms with E-state index in [0.717, 1.165) is 52.7 Å². The zero-order chi connectivity index (χ0) is 24.7. The van der Waals surface area contributed by atoms with E-state index in [-0.39, 0.29) is 17.0 Å². The van der Waals surface area contributed by atoms with E-state index in [0.29, 0.717) is 19.4 Å². The highest BCUT2D eigenvalue weighted by Crippen LogP contribution is 2.55. The van der Waals surface area contributed by atoms with Gasteiger partial charge in [0.15, 0.2) is 0 Å². The minimum Gasteiger partial charge on any atom is -0.496 e. The van der Waals surface area contributed by atoms with Crippen LogP contribution < -0.4 is 4.74 Å². The van der Waals surface area contributed by atoms with Crippen molar-refractivity contribution >= 4 is 16.9 Å². The molecule has 1 atom stereocenters. The molecule has 1 spiro atoms. The molecular weight excluding hydrogens is 454 g/mol. The third-order valence-corrected chi connectivity index (χ3v) is 7.85. The Hall–Kier alpha value is -2.97. The molecule has 6 nitrogen and oxygen atoms in total. The summed E-state index contributed by atoms with van der Waals surface area (Å²) in [6.45, 7) is 0.776. The number of ether oxygens (including phenoxy) is 2. The number of rotatable bonds is 7. The molecule has 0 amide bonds. The van der Waals surface area contributed by atoms with Crippen LogP contribution in [0.25, 0.3) is 10.9 Å². The Morgan fingerprint density at radius 2 is 1.97 bits per heavy atom. The third kappa shape index (κ3) is 4.52. The highest BCUT2D eigenvalue weighted by Gasteiger charge is 2.50. The van der Waals surface area contributed by atoms with Crippen molar-refractivity contribution in [3.05, 3.63) is 64.8 Å². The molecule has 3 aromatic rings. The first-order chi connectivity index (χ1) is 16.8. The number of H-pyrrole nitrogens is 1. The second-order valence-electron chi connectivity index (χ2n) is 9.94. The van der Waals surface area contributed by atoms with Crippen molar-refractivity contribution in [1.29, 1.82) is 0 Å². The van der Waals surface area contributed by atoms with E-state index in [1.54, 1.807) is 19.2 Å². The predicted octanol–water partition coefficient (Wildman–Crippen LogP) is 5.91. The normalized spacial score (nSPS) is 24.7. The van der Waals surface area contributed by atoms with Gasteiger partial charge in [0.05, 0.1) is 18.8 Å². The molecule has 2 N–H and O–H groups in total. The van der Waals surface area contributed by atoms with Gasteiger partial charge in [-0.3, -0.25) is 4.90 Å². The topological polar surface area (TPSA) is 74.8 Å². The fourth-order valence-electron chi connectivity index (χ4n) is 6.05. The van der Waals surface area contributed by atoms with E-state index in [1.165, 1.54) is 0 Å². The number of aryl methyl sites for hydroxylation is 1. The summed E-state index contributed by atoms with van der Waals surface area (Å²) in [6, 6.07) is 11.2. The summed E-state index contributed by atoms with van der Waals surface area (Å²) in [7, 11) is 1.68. The van der Waals surface area contributed by atoms with Gasteiger partial charge in [-0.1, -0.05) is 12.1 Å². The molecule has 1 saturated carbocycles. The lowest BCUT2D eigenvalue weighted by Gasteiger charge is -2.54. The van der Waals surface area contributed by atoms with Crippen LogP contribution in [0.4, 0.5) is 8.78 Å². The maximum absolute atomic E-state index is 12.7. The van der Waals surface area contributed by atoms with Crippen LogP contribution in [0.1, 0.15) is 58.8 Å². The number of carboxylic acids is 1. The first-order valence-corrected chi connectivity index (χ1v) is 11.9. The lowest BCUT2D eigenvalue weighted by Crippen LogP contribution is -2.51. The van der Waals surface area contributed by atoms with Crippen LogP contribution in [0, 0.1) is 12.3 Å². The number of aromatic carboxylic acids is 1. The van der Waals surface area contributed by atoms with Crippen LogP contribution in [0.2, 0.25) is 0 Å². The molecule has 1 aliphatic carbocycles. The van der Waals surface area contributed by atoms with Crippen LogP contribution in [0.5, 0.6) is 5.75 Å². The monoisotopic (exact) mass is 484 g/mol. The Morgan fingerprint density at radius 1 is 1.23 bits per heavy atom. The van der Waals surface area contributed by atoms with E-state index in [9.17, 15) is 18.7 Å². The van der Waals surface area contributed by atoms with Crippen molar-refractivity contribution in [3.8, 4) is 5.75 Å². The van der Waals surface area contributed by atoms with Crippen LogP contribution in [0.3, 0.4) is 0 Å². The first-order valence-electron chi connectivity index (χ1n) is 11.9. The van der Waals surface area contributed by atoms with Gasteiger partial charge in [0.2, 0.25) is 0 Å². The van der Waals surface area contributed by atoms with Gasteiger partial charge < -0.3 is 19.6 Å². The highest BCUT2D eigenvalue weighted by atomic mass is 19.3. The molecule has 0 radical (unpaired) electrons. The van der Waals surface area contributed by atoms with Crippen molar-refractivity contribution in [3.63, 3.8) is 0 Å². The molecular formula is C27H30F2N2O4. The molecule has 8 heteroatoms. The number of fused-ring (bicyclic) bond motifs is 1. The number of likely N-dealkylation sites (tertiary alicyclic amines) is 1. The van der Waals surface area contributed by atoms with Gasteiger partial charge in [0, 0.05) is 35.2 Å². The van der Waals surface area contributed by atoms with Gasteiger partial charge in [-0.25, -0.2) is 4.79 Å². The van der Waals surface area contributed by atoms with E-state index >= 15 is 0 Å². The van der Waals surface area contributed by atoms with Gasteiger partial charge in [-0.15, -0.1) is 0 Å². The maximum Gasteiger partial charge on any atom is 0.345 e. The molecule has 5 rings (SSSR count). The number of nitrogens with one attached hydrogen (secondary N) is 1. The quantitative estimate of drug-likeness (QED) is 0.436. The van der Waals surface area contributed by atoms with Crippen molar-refractivity contribution in [1.82, 2.24) is 9.88 Å². The number of aromatic amines is 1. The summed E-state index contributed by atoms with van der Waals surface area (Å²) in [4.78, 5) is 17.1. The van der Waals surface area contributed by atoms with E-state index in [4.69, 9.17) is 9.47 Å². The van der Waals surface area contributed by atoms with Crippen LogP contribution in [-0.4, -0.2) is 47.3 Å². The summed E-state index contributed by atoms with van der Waals surface area (Å²) in [5.41, 5.74) is 4.54. The number of halogens is 2. The zero-order valence-electron chi connectivity index (χ0n) is 19.9. The fourth-order valence-corrected chi connectivity index (χ4v) is 6.05.